The van der Waals surface area contributed by atoms with Gasteiger partial charge in [-0.25, -0.2) is 0 Å². The van der Waals surface area contributed by atoms with Crippen LogP contribution in [0.3, 0.4) is 0 Å². The number of halogens is 1. The fraction of sp³-hybridized carbons (Fsp3) is 0.0667. The Labute approximate surface area is 109 Å². The smallest absolute Gasteiger partial charge is 0.135 e. The first-order chi connectivity index (χ1) is 8.63. The number of hydrogen-bond acceptors (Lipinski definition) is 2. The number of furan rings is 1. The van der Waals surface area contributed by atoms with Crippen LogP contribution >= 0.6 is 11.6 Å². The van der Waals surface area contributed by atoms with E-state index in [9.17, 15) is 5.11 Å². The zero-order chi connectivity index (χ0) is 12.7. The molecule has 0 radical (unpaired) electrons. The zero-order valence-corrected chi connectivity index (χ0v) is 10.5. The number of benzene rings is 2. The molecular formula is C15H11ClO2. The molecule has 1 N–H and O–H groups in total. The van der Waals surface area contributed by atoms with Crippen LogP contribution in [0.1, 0.15) is 5.56 Å². The molecule has 1 heterocycles. The molecular weight excluding hydrogens is 248 g/mol. The lowest BCUT2D eigenvalue weighted by molar-refractivity contribution is 0.471. The van der Waals surface area contributed by atoms with E-state index in [1.165, 1.54) is 0 Å². The lowest BCUT2D eigenvalue weighted by atomic mass is 10.1. The topological polar surface area (TPSA) is 33.4 Å². The molecule has 0 saturated carbocycles. The summed E-state index contributed by atoms with van der Waals surface area (Å²) in [6.45, 7) is 1.86. The minimum Gasteiger partial charge on any atom is -0.508 e. The predicted molar refractivity (Wildman–Crippen MR) is 73.1 cm³/mol. The van der Waals surface area contributed by atoms with Gasteiger partial charge in [-0.2, -0.15) is 0 Å². The van der Waals surface area contributed by atoms with Gasteiger partial charge >= 0.3 is 0 Å². The summed E-state index contributed by atoms with van der Waals surface area (Å²) in [5.41, 5.74) is 2.57. The first-order valence-electron chi connectivity index (χ1n) is 5.62. The van der Waals surface area contributed by atoms with E-state index in [1.54, 1.807) is 12.1 Å². The molecule has 3 aromatic rings. The second kappa shape index (κ2) is 4.07. The summed E-state index contributed by atoms with van der Waals surface area (Å²) < 4.78 is 5.76. The number of aromatic hydroxyl groups is 1. The molecule has 0 aliphatic heterocycles. The van der Waals surface area contributed by atoms with E-state index in [2.05, 4.69) is 0 Å². The SMILES string of the molecule is Cc1cc(-c2cc3cc(Cl)ccc3o2)ccc1O. The molecule has 1 aromatic heterocycles. The number of phenolic OH excluding ortho intramolecular Hbond substituents is 1. The van der Waals surface area contributed by atoms with Crippen LogP contribution in [0.4, 0.5) is 0 Å². The van der Waals surface area contributed by atoms with Crippen molar-refractivity contribution in [2.24, 2.45) is 0 Å². The maximum atomic E-state index is 9.52. The molecule has 18 heavy (non-hydrogen) atoms. The molecule has 3 rings (SSSR count). The largest absolute Gasteiger partial charge is 0.508 e. The molecule has 2 nitrogen and oxygen atoms in total. The minimum absolute atomic E-state index is 0.290. The summed E-state index contributed by atoms with van der Waals surface area (Å²) >= 11 is 5.95. The number of phenols is 1. The average Bonchev–Trinajstić information content (AvgIpc) is 2.75. The molecule has 0 aliphatic carbocycles. The third-order valence-corrected chi connectivity index (χ3v) is 3.19. The highest BCUT2D eigenvalue weighted by Crippen LogP contribution is 2.31. The third-order valence-electron chi connectivity index (χ3n) is 2.96. The molecule has 90 valence electrons. The van der Waals surface area contributed by atoms with Gasteiger partial charge in [-0.15, -0.1) is 0 Å². The van der Waals surface area contributed by atoms with Gasteiger partial charge in [0.05, 0.1) is 0 Å². The van der Waals surface area contributed by atoms with Gasteiger partial charge in [0, 0.05) is 16.0 Å². The Kier molecular flexibility index (Phi) is 2.53. The van der Waals surface area contributed by atoms with E-state index in [-0.39, 0.29) is 5.75 Å². The van der Waals surface area contributed by atoms with Crippen LogP contribution < -0.4 is 0 Å². The first-order valence-corrected chi connectivity index (χ1v) is 6.00. The number of fused-ring (bicyclic) bond motifs is 1. The van der Waals surface area contributed by atoms with E-state index < -0.39 is 0 Å². The lowest BCUT2D eigenvalue weighted by Gasteiger charge is -2.00. The van der Waals surface area contributed by atoms with Crippen molar-refractivity contribution in [3.8, 4) is 17.1 Å². The normalized spacial score (nSPS) is 11.0. The Hall–Kier alpha value is -1.93. The lowest BCUT2D eigenvalue weighted by Crippen LogP contribution is -1.77. The standard InChI is InChI=1S/C15H11ClO2/c1-9-6-10(2-4-13(9)17)15-8-11-7-12(16)3-5-14(11)18-15/h2-8,17H,1H3. The van der Waals surface area contributed by atoms with Crippen molar-refractivity contribution >= 4 is 22.6 Å². The van der Waals surface area contributed by atoms with E-state index >= 15 is 0 Å². The zero-order valence-electron chi connectivity index (χ0n) is 9.77. The molecule has 0 amide bonds. The molecule has 0 bridgehead atoms. The van der Waals surface area contributed by atoms with Crippen molar-refractivity contribution in [2.45, 2.75) is 6.92 Å². The number of aryl methyl sites for hydroxylation is 1. The van der Waals surface area contributed by atoms with Gasteiger partial charge in [-0.05, 0) is 55.0 Å². The molecule has 0 aliphatic rings. The molecule has 2 aromatic carbocycles. The Morgan fingerprint density at radius 1 is 1.06 bits per heavy atom. The molecule has 0 saturated heterocycles. The Morgan fingerprint density at radius 2 is 1.89 bits per heavy atom. The van der Waals surface area contributed by atoms with Crippen LogP contribution in [0.15, 0.2) is 46.9 Å². The van der Waals surface area contributed by atoms with Gasteiger partial charge in [0.25, 0.3) is 0 Å². The van der Waals surface area contributed by atoms with Gasteiger partial charge in [-0.3, -0.25) is 0 Å². The van der Waals surface area contributed by atoms with Crippen LogP contribution in [-0.4, -0.2) is 5.11 Å². The fourth-order valence-corrected chi connectivity index (χ4v) is 2.15. The highest BCUT2D eigenvalue weighted by molar-refractivity contribution is 6.31. The first kappa shape index (κ1) is 11.2. The molecule has 0 spiro atoms. The van der Waals surface area contributed by atoms with Crippen molar-refractivity contribution in [1.82, 2.24) is 0 Å². The highest BCUT2D eigenvalue weighted by Gasteiger charge is 2.08. The van der Waals surface area contributed by atoms with Crippen LogP contribution in [0, 0.1) is 6.92 Å². The fourth-order valence-electron chi connectivity index (χ4n) is 1.97. The molecule has 3 heteroatoms. The van der Waals surface area contributed by atoms with Crippen LogP contribution in [0.25, 0.3) is 22.3 Å². The molecule has 0 fully saturated rings. The van der Waals surface area contributed by atoms with Gasteiger partial charge in [-0.1, -0.05) is 11.6 Å². The average molecular weight is 259 g/mol. The maximum Gasteiger partial charge on any atom is 0.135 e. The van der Waals surface area contributed by atoms with E-state index in [4.69, 9.17) is 16.0 Å². The van der Waals surface area contributed by atoms with Crippen LogP contribution in [0.2, 0.25) is 5.02 Å². The summed E-state index contributed by atoms with van der Waals surface area (Å²) in [6, 6.07) is 12.9. The van der Waals surface area contributed by atoms with Crippen molar-refractivity contribution < 1.29 is 9.52 Å². The van der Waals surface area contributed by atoms with Crippen LogP contribution in [0.5, 0.6) is 5.75 Å². The summed E-state index contributed by atoms with van der Waals surface area (Å²) in [5, 5.41) is 11.2. The summed E-state index contributed by atoms with van der Waals surface area (Å²) in [5.74, 6) is 1.06. The third kappa shape index (κ3) is 1.85. The van der Waals surface area contributed by atoms with Crippen LogP contribution in [-0.2, 0) is 0 Å². The van der Waals surface area contributed by atoms with E-state index in [1.807, 2.05) is 37.3 Å². The Bertz CT molecular complexity index is 728. The predicted octanol–water partition coefficient (Wildman–Crippen LogP) is 4.77. The summed E-state index contributed by atoms with van der Waals surface area (Å²) in [4.78, 5) is 0. The Balaban J connectivity index is 2.16. The van der Waals surface area contributed by atoms with Crippen molar-refractivity contribution in [2.75, 3.05) is 0 Å². The highest BCUT2D eigenvalue weighted by atomic mass is 35.5. The second-order valence-electron chi connectivity index (χ2n) is 4.29. The minimum atomic E-state index is 0.290. The van der Waals surface area contributed by atoms with Crippen molar-refractivity contribution in [3.63, 3.8) is 0 Å². The summed E-state index contributed by atoms with van der Waals surface area (Å²) in [7, 11) is 0. The Morgan fingerprint density at radius 3 is 2.67 bits per heavy atom. The summed E-state index contributed by atoms with van der Waals surface area (Å²) in [6.07, 6.45) is 0. The second-order valence-corrected chi connectivity index (χ2v) is 4.73. The number of hydrogen-bond donors (Lipinski definition) is 1. The maximum absolute atomic E-state index is 9.52. The monoisotopic (exact) mass is 258 g/mol. The van der Waals surface area contributed by atoms with Crippen molar-refractivity contribution in [3.05, 3.63) is 53.1 Å². The quantitative estimate of drug-likeness (QED) is 0.682. The van der Waals surface area contributed by atoms with Gasteiger partial charge in [0.15, 0.2) is 0 Å². The van der Waals surface area contributed by atoms with E-state index in [0.29, 0.717) is 5.02 Å². The molecule has 0 unspecified atom stereocenters. The van der Waals surface area contributed by atoms with E-state index in [0.717, 1.165) is 27.9 Å². The van der Waals surface area contributed by atoms with Gasteiger partial charge < -0.3 is 9.52 Å². The number of rotatable bonds is 1. The van der Waals surface area contributed by atoms with Gasteiger partial charge in [0.2, 0.25) is 0 Å². The van der Waals surface area contributed by atoms with Crippen molar-refractivity contribution in [1.29, 1.82) is 0 Å². The van der Waals surface area contributed by atoms with Gasteiger partial charge in [0.1, 0.15) is 17.1 Å². The molecule has 0 atom stereocenters.